The van der Waals surface area contributed by atoms with E-state index in [4.69, 9.17) is 4.74 Å². The van der Waals surface area contributed by atoms with Gasteiger partial charge in [-0.25, -0.2) is 0 Å². The lowest BCUT2D eigenvalue weighted by molar-refractivity contribution is -0.138. The van der Waals surface area contributed by atoms with Crippen molar-refractivity contribution in [2.24, 2.45) is 0 Å². The van der Waals surface area contributed by atoms with Crippen molar-refractivity contribution in [1.29, 1.82) is 0 Å². The summed E-state index contributed by atoms with van der Waals surface area (Å²) in [6.45, 7) is 3.34. The number of amides is 3. The fourth-order valence-corrected chi connectivity index (χ4v) is 2.51. The van der Waals surface area contributed by atoms with Gasteiger partial charge in [0, 0.05) is 10.2 Å². The van der Waals surface area contributed by atoms with Crippen LogP contribution in [0.1, 0.15) is 11.1 Å². The molecule has 2 aromatic carbocycles. The highest BCUT2D eigenvalue weighted by Crippen LogP contribution is 2.21. The van der Waals surface area contributed by atoms with E-state index in [1.54, 1.807) is 37.3 Å². The minimum atomic E-state index is -0.985. The van der Waals surface area contributed by atoms with Crippen molar-refractivity contribution in [3.8, 4) is 5.75 Å². The molecule has 0 spiro atoms. The van der Waals surface area contributed by atoms with Crippen LogP contribution in [-0.2, 0) is 14.4 Å². The zero-order chi connectivity index (χ0) is 19.1. The maximum absolute atomic E-state index is 11.8. The third-order valence-corrected chi connectivity index (χ3v) is 3.90. The number of halogens is 1. The van der Waals surface area contributed by atoms with Crippen LogP contribution in [0.5, 0.6) is 5.75 Å². The summed E-state index contributed by atoms with van der Waals surface area (Å²) in [5.74, 6) is -1.91. The fraction of sp³-hybridized carbons (Fsp3) is 0.167. The van der Waals surface area contributed by atoms with Crippen LogP contribution in [0.4, 0.5) is 5.69 Å². The van der Waals surface area contributed by atoms with Gasteiger partial charge in [-0.3, -0.25) is 25.2 Å². The molecular formula is C18H18BrN3O4. The van der Waals surface area contributed by atoms with Crippen molar-refractivity contribution in [2.45, 2.75) is 13.8 Å². The third kappa shape index (κ3) is 5.59. The number of aryl methyl sites for hydroxylation is 2. The largest absolute Gasteiger partial charge is 0.483 e. The average Bonchev–Trinajstić information content (AvgIpc) is 2.60. The van der Waals surface area contributed by atoms with Crippen LogP contribution in [0.25, 0.3) is 0 Å². The monoisotopic (exact) mass is 419 g/mol. The van der Waals surface area contributed by atoms with Crippen LogP contribution in [0.3, 0.4) is 0 Å². The number of para-hydroxylation sites is 1. The Kier molecular flexibility index (Phi) is 6.74. The molecule has 0 saturated heterocycles. The molecule has 3 amide bonds. The second-order valence-electron chi connectivity index (χ2n) is 5.47. The minimum absolute atomic E-state index is 0.303. The summed E-state index contributed by atoms with van der Waals surface area (Å²) in [5.41, 5.74) is 6.37. The second kappa shape index (κ2) is 9.00. The van der Waals surface area contributed by atoms with Crippen molar-refractivity contribution in [1.82, 2.24) is 10.9 Å². The van der Waals surface area contributed by atoms with E-state index < -0.39 is 17.7 Å². The number of ether oxygens (including phenoxy) is 1. The average molecular weight is 420 g/mol. The van der Waals surface area contributed by atoms with Crippen LogP contribution >= 0.6 is 15.9 Å². The van der Waals surface area contributed by atoms with E-state index in [9.17, 15) is 14.4 Å². The lowest BCUT2D eigenvalue weighted by Crippen LogP contribution is -2.48. The first-order chi connectivity index (χ1) is 12.4. The van der Waals surface area contributed by atoms with E-state index in [1.807, 2.05) is 24.5 Å². The number of hydrogen-bond donors (Lipinski definition) is 3. The number of rotatable bonds is 4. The molecule has 3 N–H and O–H groups in total. The van der Waals surface area contributed by atoms with E-state index in [0.29, 0.717) is 11.4 Å². The number of hydrazine groups is 1. The SMILES string of the molecule is Cc1ccccc1NC(=O)C(=O)NNC(=O)COc1ccc(Br)cc1C. The van der Waals surface area contributed by atoms with Gasteiger partial charge in [-0.15, -0.1) is 0 Å². The smallest absolute Gasteiger partial charge is 0.328 e. The Labute approximate surface area is 159 Å². The lowest BCUT2D eigenvalue weighted by atomic mass is 10.2. The summed E-state index contributed by atoms with van der Waals surface area (Å²) < 4.78 is 6.27. The highest BCUT2D eigenvalue weighted by Gasteiger charge is 2.15. The third-order valence-electron chi connectivity index (χ3n) is 3.41. The molecule has 0 aliphatic rings. The topological polar surface area (TPSA) is 96.5 Å². The molecule has 0 bridgehead atoms. The molecule has 0 aromatic heterocycles. The maximum atomic E-state index is 11.8. The minimum Gasteiger partial charge on any atom is -0.483 e. The zero-order valence-corrected chi connectivity index (χ0v) is 15.8. The van der Waals surface area contributed by atoms with Crippen LogP contribution in [0.15, 0.2) is 46.9 Å². The first-order valence-corrected chi connectivity index (χ1v) is 8.51. The van der Waals surface area contributed by atoms with Crippen molar-refractivity contribution in [2.75, 3.05) is 11.9 Å². The maximum Gasteiger partial charge on any atom is 0.328 e. The van der Waals surface area contributed by atoms with E-state index in [2.05, 4.69) is 26.7 Å². The summed E-state index contributed by atoms with van der Waals surface area (Å²) in [5, 5.41) is 2.47. The first kappa shape index (κ1) is 19.5. The number of benzene rings is 2. The standard InChI is InChI=1S/C18H18BrN3O4/c1-11-5-3-4-6-14(11)20-17(24)18(25)22-21-16(23)10-26-15-8-7-13(19)9-12(15)2/h3-9H,10H2,1-2H3,(H,20,24)(H,21,23)(H,22,25). The summed E-state index contributed by atoms with van der Waals surface area (Å²) in [6, 6.07) is 12.4. The molecule has 2 rings (SSSR count). The van der Waals surface area contributed by atoms with Crippen molar-refractivity contribution >= 4 is 39.3 Å². The van der Waals surface area contributed by atoms with Gasteiger partial charge in [-0.2, -0.15) is 0 Å². The Bertz CT molecular complexity index is 839. The van der Waals surface area contributed by atoms with E-state index in [1.165, 1.54) is 0 Å². The van der Waals surface area contributed by atoms with Gasteiger partial charge in [0.25, 0.3) is 5.91 Å². The molecule has 0 atom stereocenters. The Morgan fingerprint density at radius 1 is 0.962 bits per heavy atom. The number of nitrogens with one attached hydrogen (secondary N) is 3. The Morgan fingerprint density at radius 3 is 2.38 bits per heavy atom. The molecule has 136 valence electrons. The number of carbonyl (C=O) groups is 3. The van der Waals surface area contributed by atoms with Crippen LogP contribution in [0, 0.1) is 13.8 Å². The quantitative estimate of drug-likeness (QED) is 0.522. The number of anilines is 1. The van der Waals surface area contributed by atoms with Crippen LogP contribution < -0.4 is 20.9 Å². The highest BCUT2D eigenvalue weighted by molar-refractivity contribution is 9.10. The number of carbonyl (C=O) groups excluding carboxylic acids is 3. The zero-order valence-electron chi connectivity index (χ0n) is 14.3. The van der Waals surface area contributed by atoms with E-state index in [0.717, 1.165) is 15.6 Å². The lowest BCUT2D eigenvalue weighted by Gasteiger charge is -2.11. The molecule has 0 aliphatic carbocycles. The highest BCUT2D eigenvalue weighted by atomic mass is 79.9. The van der Waals surface area contributed by atoms with Gasteiger partial charge in [0.2, 0.25) is 0 Å². The van der Waals surface area contributed by atoms with Crippen molar-refractivity contribution in [3.63, 3.8) is 0 Å². The molecule has 0 aliphatic heterocycles. The van der Waals surface area contributed by atoms with Gasteiger partial charge in [0.1, 0.15) is 5.75 Å². The van der Waals surface area contributed by atoms with Gasteiger partial charge in [-0.05, 0) is 49.2 Å². The van der Waals surface area contributed by atoms with Crippen LogP contribution in [0.2, 0.25) is 0 Å². The molecule has 8 heteroatoms. The van der Waals surface area contributed by atoms with Gasteiger partial charge < -0.3 is 10.1 Å². The summed E-state index contributed by atoms with van der Waals surface area (Å²) in [4.78, 5) is 35.3. The second-order valence-corrected chi connectivity index (χ2v) is 6.39. The molecule has 0 radical (unpaired) electrons. The van der Waals surface area contributed by atoms with Crippen molar-refractivity contribution < 1.29 is 19.1 Å². The Morgan fingerprint density at radius 2 is 1.69 bits per heavy atom. The molecule has 0 heterocycles. The van der Waals surface area contributed by atoms with Gasteiger partial charge in [0.05, 0.1) is 0 Å². The van der Waals surface area contributed by atoms with E-state index >= 15 is 0 Å². The molecule has 2 aromatic rings. The Hall–Kier alpha value is -2.87. The van der Waals surface area contributed by atoms with Gasteiger partial charge in [-0.1, -0.05) is 34.1 Å². The first-order valence-electron chi connectivity index (χ1n) is 7.71. The number of hydrogen-bond acceptors (Lipinski definition) is 4. The molecule has 0 saturated carbocycles. The predicted molar refractivity (Wildman–Crippen MR) is 100 cm³/mol. The van der Waals surface area contributed by atoms with Gasteiger partial charge >= 0.3 is 11.8 Å². The molecule has 0 fully saturated rings. The van der Waals surface area contributed by atoms with Gasteiger partial charge in [0.15, 0.2) is 6.61 Å². The molecule has 0 unspecified atom stereocenters. The summed E-state index contributed by atoms with van der Waals surface area (Å²) in [7, 11) is 0. The molecule has 7 nitrogen and oxygen atoms in total. The van der Waals surface area contributed by atoms with E-state index in [-0.39, 0.29) is 6.61 Å². The normalized spacial score (nSPS) is 9.96. The summed E-state index contributed by atoms with van der Waals surface area (Å²) in [6.07, 6.45) is 0. The van der Waals surface area contributed by atoms with Crippen LogP contribution in [-0.4, -0.2) is 24.3 Å². The summed E-state index contributed by atoms with van der Waals surface area (Å²) >= 11 is 3.34. The molecule has 26 heavy (non-hydrogen) atoms. The predicted octanol–water partition coefficient (Wildman–Crippen LogP) is 2.23. The van der Waals surface area contributed by atoms with Crippen molar-refractivity contribution in [3.05, 3.63) is 58.1 Å². The fourth-order valence-electron chi connectivity index (χ4n) is 2.03. The Balaban J connectivity index is 1.78. The molecular weight excluding hydrogens is 402 g/mol.